The van der Waals surface area contributed by atoms with Crippen molar-refractivity contribution < 1.29 is 9.21 Å². The van der Waals surface area contributed by atoms with Gasteiger partial charge in [-0.1, -0.05) is 15.9 Å². The molecule has 1 atom stereocenters. The van der Waals surface area contributed by atoms with Crippen molar-refractivity contribution in [3.63, 3.8) is 0 Å². The van der Waals surface area contributed by atoms with Crippen LogP contribution < -0.4 is 10.9 Å². The van der Waals surface area contributed by atoms with Crippen molar-refractivity contribution in [2.24, 2.45) is 0 Å². The van der Waals surface area contributed by atoms with Gasteiger partial charge in [0.15, 0.2) is 0 Å². The number of nitrogens with zero attached hydrogens (tertiary/aromatic N) is 1. The first-order valence-electron chi connectivity index (χ1n) is 8.73. The largest absolute Gasteiger partial charge is 0.464 e. The maximum absolute atomic E-state index is 12.7. The summed E-state index contributed by atoms with van der Waals surface area (Å²) in [5, 5.41) is 5.11. The van der Waals surface area contributed by atoms with Gasteiger partial charge in [-0.2, -0.15) is 0 Å². The van der Waals surface area contributed by atoms with Crippen LogP contribution >= 0.6 is 39.0 Å². The molecular weight excluding hydrogens is 474 g/mol. The van der Waals surface area contributed by atoms with E-state index in [0.717, 1.165) is 15.7 Å². The standard InChI is InChI=1S/C20H16BrN3O3S2/c1-11(28-10-16(25)22-13-6-4-12(21)5-7-13)18-23-19(26)17-14(9-29-20(17)24-18)15-3-2-8-27-15/h2-9,11H,10H2,1H3,(H,22,25)(H,23,24,26). The SMILES string of the molecule is CC(SCC(=O)Nc1ccc(Br)cc1)c1nc2scc(-c3ccco3)c2c(=O)[nH]1. The summed E-state index contributed by atoms with van der Waals surface area (Å²) in [7, 11) is 0. The maximum Gasteiger partial charge on any atom is 0.260 e. The number of H-pyrrole nitrogens is 1. The van der Waals surface area contributed by atoms with Gasteiger partial charge in [0.1, 0.15) is 16.4 Å². The van der Waals surface area contributed by atoms with Gasteiger partial charge in [-0.15, -0.1) is 23.1 Å². The van der Waals surface area contributed by atoms with Crippen molar-refractivity contribution in [3.05, 3.63) is 68.7 Å². The summed E-state index contributed by atoms with van der Waals surface area (Å²) >= 11 is 6.18. The Hall–Kier alpha value is -2.36. The van der Waals surface area contributed by atoms with Gasteiger partial charge in [-0.05, 0) is 43.3 Å². The van der Waals surface area contributed by atoms with Gasteiger partial charge in [0.05, 0.1) is 22.7 Å². The minimum Gasteiger partial charge on any atom is -0.464 e. The summed E-state index contributed by atoms with van der Waals surface area (Å²) in [6, 6.07) is 11.0. The number of aromatic nitrogens is 2. The van der Waals surface area contributed by atoms with E-state index in [4.69, 9.17) is 4.42 Å². The van der Waals surface area contributed by atoms with E-state index in [0.29, 0.717) is 21.8 Å². The maximum atomic E-state index is 12.7. The first-order valence-corrected chi connectivity index (χ1v) is 11.5. The minimum atomic E-state index is -0.204. The number of thioether (sulfide) groups is 1. The Balaban J connectivity index is 1.46. The topological polar surface area (TPSA) is 88.0 Å². The third-order valence-corrected chi connectivity index (χ3v) is 6.78. The molecule has 2 N–H and O–H groups in total. The average molecular weight is 490 g/mol. The van der Waals surface area contributed by atoms with E-state index >= 15 is 0 Å². The molecule has 29 heavy (non-hydrogen) atoms. The molecule has 4 aromatic rings. The van der Waals surface area contributed by atoms with Crippen LogP contribution in [0.15, 0.2) is 61.7 Å². The van der Waals surface area contributed by atoms with Crippen LogP contribution in [0.25, 0.3) is 21.5 Å². The number of aromatic amines is 1. The van der Waals surface area contributed by atoms with Crippen LogP contribution in [0.2, 0.25) is 0 Å². The van der Waals surface area contributed by atoms with E-state index in [1.54, 1.807) is 12.3 Å². The molecule has 1 unspecified atom stereocenters. The lowest BCUT2D eigenvalue weighted by Crippen LogP contribution is -2.16. The fourth-order valence-electron chi connectivity index (χ4n) is 2.78. The fourth-order valence-corrected chi connectivity index (χ4v) is 4.72. The van der Waals surface area contributed by atoms with E-state index in [9.17, 15) is 9.59 Å². The first kappa shape index (κ1) is 19.9. The summed E-state index contributed by atoms with van der Waals surface area (Å²) in [5.41, 5.74) is 1.28. The predicted molar refractivity (Wildman–Crippen MR) is 122 cm³/mol. The van der Waals surface area contributed by atoms with Crippen molar-refractivity contribution in [1.29, 1.82) is 0 Å². The molecule has 0 aliphatic rings. The van der Waals surface area contributed by atoms with Crippen LogP contribution in [-0.4, -0.2) is 21.6 Å². The van der Waals surface area contributed by atoms with Gasteiger partial charge in [0.2, 0.25) is 5.91 Å². The summed E-state index contributed by atoms with van der Waals surface area (Å²) < 4.78 is 6.37. The van der Waals surface area contributed by atoms with Crippen LogP contribution in [0.5, 0.6) is 0 Å². The van der Waals surface area contributed by atoms with Crippen LogP contribution in [0, 0.1) is 0 Å². The predicted octanol–water partition coefficient (Wildman–Crippen LogP) is 5.44. The normalized spacial score (nSPS) is 12.2. The minimum absolute atomic E-state index is 0.108. The zero-order chi connectivity index (χ0) is 20.4. The number of hydrogen-bond acceptors (Lipinski definition) is 6. The van der Waals surface area contributed by atoms with Crippen LogP contribution in [-0.2, 0) is 4.79 Å². The Bertz CT molecular complexity index is 1200. The lowest BCUT2D eigenvalue weighted by molar-refractivity contribution is -0.113. The van der Waals surface area contributed by atoms with Crippen LogP contribution in [0.3, 0.4) is 0 Å². The molecule has 0 fully saturated rings. The number of furan rings is 1. The lowest BCUT2D eigenvalue weighted by Gasteiger charge is -2.11. The van der Waals surface area contributed by atoms with E-state index in [1.165, 1.54) is 23.1 Å². The Morgan fingerprint density at radius 2 is 2.14 bits per heavy atom. The van der Waals surface area contributed by atoms with Crippen molar-refractivity contribution >= 4 is 60.8 Å². The second-order valence-corrected chi connectivity index (χ2v) is 9.37. The molecule has 148 valence electrons. The van der Waals surface area contributed by atoms with Gasteiger partial charge >= 0.3 is 0 Å². The molecule has 0 aliphatic carbocycles. The highest BCUT2D eigenvalue weighted by molar-refractivity contribution is 9.10. The number of carbonyl (C=O) groups is 1. The fraction of sp³-hybridized carbons (Fsp3) is 0.150. The van der Waals surface area contributed by atoms with Gasteiger partial charge in [0, 0.05) is 21.1 Å². The number of thiophene rings is 1. The second kappa shape index (κ2) is 8.56. The number of amides is 1. The summed E-state index contributed by atoms with van der Waals surface area (Å²) in [6.07, 6.45) is 1.58. The van der Waals surface area contributed by atoms with Gasteiger partial charge in [0.25, 0.3) is 5.56 Å². The Morgan fingerprint density at radius 1 is 1.34 bits per heavy atom. The summed E-state index contributed by atoms with van der Waals surface area (Å²) in [5.74, 6) is 1.34. The first-order chi connectivity index (χ1) is 14.0. The molecule has 0 aliphatic heterocycles. The van der Waals surface area contributed by atoms with Crippen molar-refractivity contribution in [2.45, 2.75) is 12.2 Å². The highest BCUT2D eigenvalue weighted by Gasteiger charge is 2.18. The smallest absolute Gasteiger partial charge is 0.260 e. The van der Waals surface area contributed by atoms with Gasteiger partial charge < -0.3 is 14.7 Å². The van der Waals surface area contributed by atoms with Crippen molar-refractivity contribution in [2.75, 3.05) is 11.1 Å². The molecule has 9 heteroatoms. The summed E-state index contributed by atoms with van der Waals surface area (Å²) in [6.45, 7) is 1.92. The summed E-state index contributed by atoms with van der Waals surface area (Å²) in [4.78, 5) is 33.0. The number of carbonyl (C=O) groups excluding carboxylic acids is 1. The second-order valence-electron chi connectivity index (χ2n) is 6.27. The number of hydrogen-bond donors (Lipinski definition) is 2. The third kappa shape index (κ3) is 4.47. The van der Waals surface area contributed by atoms with Crippen molar-refractivity contribution in [1.82, 2.24) is 9.97 Å². The monoisotopic (exact) mass is 489 g/mol. The average Bonchev–Trinajstić information content (AvgIpc) is 3.37. The molecule has 3 heterocycles. The van der Waals surface area contributed by atoms with E-state index in [2.05, 4.69) is 31.2 Å². The van der Waals surface area contributed by atoms with Crippen LogP contribution in [0.4, 0.5) is 5.69 Å². The molecule has 4 rings (SSSR count). The Kier molecular flexibility index (Phi) is 5.89. The van der Waals surface area contributed by atoms with Gasteiger partial charge in [-0.25, -0.2) is 4.98 Å². The highest BCUT2D eigenvalue weighted by atomic mass is 79.9. The van der Waals surface area contributed by atoms with Gasteiger partial charge in [-0.3, -0.25) is 9.59 Å². The van der Waals surface area contributed by atoms with Crippen molar-refractivity contribution in [3.8, 4) is 11.3 Å². The zero-order valence-corrected chi connectivity index (χ0v) is 18.5. The van der Waals surface area contributed by atoms with E-state index < -0.39 is 0 Å². The molecule has 1 amide bonds. The lowest BCUT2D eigenvalue weighted by atomic mass is 10.2. The number of benzene rings is 1. The molecular formula is C20H16BrN3O3S2. The number of fused-ring (bicyclic) bond motifs is 1. The number of rotatable bonds is 6. The van der Waals surface area contributed by atoms with E-state index in [1.807, 2.05) is 42.6 Å². The molecule has 0 radical (unpaired) electrons. The van der Waals surface area contributed by atoms with E-state index in [-0.39, 0.29) is 22.5 Å². The zero-order valence-electron chi connectivity index (χ0n) is 15.3. The highest BCUT2D eigenvalue weighted by Crippen LogP contribution is 2.33. The number of anilines is 1. The molecule has 0 bridgehead atoms. The molecule has 0 saturated carbocycles. The molecule has 3 aromatic heterocycles. The molecule has 0 saturated heterocycles. The molecule has 1 aromatic carbocycles. The Morgan fingerprint density at radius 3 is 2.86 bits per heavy atom. The molecule has 6 nitrogen and oxygen atoms in total. The third-order valence-electron chi connectivity index (χ3n) is 4.23. The quantitative estimate of drug-likeness (QED) is 0.376. The number of halogens is 1. The Labute approximate surface area is 182 Å². The number of nitrogens with one attached hydrogen (secondary N) is 2. The van der Waals surface area contributed by atoms with Crippen LogP contribution in [0.1, 0.15) is 18.0 Å². The molecule has 0 spiro atoms.